The predicted molar refractivity (Wildman–Crippen MR) is 98.1 cm³/mol. The molecular formula is C20H24O2S. The minimum Gasteiger partial charge on any atom is -0.497 e. The smallest absolute Gasteiger partial charge is 0.118 e. The molecule has 3 heteroatoms. The molecule has 2 rings (SSSR count). The van der Waals surface area contributed by atoms with Gasteiger partial charge < -0.3 is 4.74 Å². The number of benzene rings is 2. The summed E-state index contributed by atoms with van der Waals surface area (Å²) in [5.74, 6) is 0.808. The van der Waals surface area contributed by atoms with Gasteiger partial charge in [-0.2, -0.15) is 0 Å². The second-order valence-electron chi connectivity index (χ2n) is 5.52. The Morgan fingerprint density at radius 2 is 1.74 bits per heavy atom. The summed E-state index contributed by atoms with van der Waals surface area (Å²) in [5, 5.41) is 0. The van der Waals surface area contributed by atoms with Crippen LogP contribution < -0.4 is 4.74 Å². The first-order valence-corrected chi connectivity index (χ1v) is 9.13. The normalized spacial score (nSPS) is 12.9. The van der Waals surface area contributed by atoms with Crippen LogP contribution in [-0.4, -0.2) is 11.3 Å². The average molecular weight is 328 g/mol. The van der Waals surface area contributed by atoms with E-state index >= 15 is 0 Å². The predicted octanol–water partition coefficient (Wildman–Crippen LogP) is 5.34. The molecule has 0 amide bonds. The van der Waals surface area contributed by atoms with E-state index in [0.29, 0.717) is 0 Å². The molecule has 0 aliphatic rings. The maximum atomic E-state index is 13.0. The molecule has 0 aliphatic heterocycles. The van der Waals surface area contributed by atoms with Gasteiger partial charge in [0.25, 0.3) is 0 Å². The molecule has 1 atom stereocenters. The number of aryl methyl sites for hydroxylation is 1. The van der Waals surface area contributed by atoms with Crippen LogP contribution in [0.5, 0.6) is 5.75 Å². The summed E-state index contributed by atoms with van der Waals surface area (Å²) >= 11 is 0. The molecule has 0 saturated carbocycles. The van der Waals surface area contributed by atoms with Gasteiger partial charge in [0, 0.05) is 9.80 Å². The zero-order chi connectivity index (χ0) is 16.7. The molecule has 0 saturated heterocycles. The molecule has 2 nitrogen and oxygen atoms in total. The van der Waals surface area contributed by atoms with E-state index in [4.69, 9.17) is 4.74 Å². The van der Waals surface area contributed by atoms with Crippen LogP contribution in [-0.2, 0) is 10.8 Å². The molecular weight excluding hydrogens is 304 g/mol. The van der Waals surface area contributed by atoms with E-state index in [2.05, 4.69) is 13.0 Å². The van der Waals surface area contributed by atoms with Gasteiger partial charge in [-0.05, 0) is 43.2 Å². The molecule has 0 unspecified atom stereocenters. The number of methoxy groups -OCH3 is 1. The first kappa shape index (κ1) is 17.5. The van der Waals surface area contributed by atoms with E-state index in [1.165, 1.54) is 5.56 Å². The van der Waals surface area contributed by atoms with Crippen molar-refractivity contribution in [1.82, 2.24) is 0 Å². The van der Waals surface area contributed by atoms with Crippen molar-refractivity contribution >= 4 is 15.7 Å². The molecule has 122 valence electrons. The Hall–Kier alpha value is -1.87. The Kier molecular flexibility index (Phi) is 6.60. The van der Waals surface area contributed by atoms with Crippen molar-refractivity contribution in [2.45, 2.75) is 38.0 Å². The zero-order valence-electron chi connectivity index (χ0n) is 14.0. The fourth-order valence-corrected chi connectivity index (χ4v) is 3.54. The Labute approximate surface area is 141 Å². The highest BCUT2D eigenvalue weighted by Crippen LogP contribution is 2.27. The van der Waals surface area contributed by atoms with Gasteiger partial charge in [-0.15, -0.1) is 0 Å². The fraction of sp³-hybridized carbons (Fsp3) is 0.300. The monoisotopic (exact) mass is 328 g/mol. The number of ether oxygens (including phenoxy) is 1. The third kappa shape index (κ3) is 4.80. The average Bonchev–Trinajstić information content (AvgIpc) is 2.59. The van der Waals surface area contributed by atoms with Gasteiger partial charge in [0.1, 0.15) is 5.75 Å². The van der Waals surface area contributed by atoms with E-state index in [-0.39, 0.29) is 0 Å². The standard InChI is InChI=1S/C20H24O2S/c1-4-5-6-7-20(17-10-12-18(22-3)13-11-17)23(21)19-14-8-16(2)9-15-19/h7-15H,4-6H2,1-3H3/b20-7-/t23-/m0/s1. The van der Waals surface area contributed by atoms with Crippen LogP contribution in [0.25, 0.3) is 4.91 Å². The van der Waals surface area contributed by atoms with Crippen molar-refractivity contribution < 1.29 is 8.95 Å². The van der Waals surface area contributed by atoms with Crippen molar-refractivity contribution in [2.24, 2.45) is 0 Å². The number of allylic oxidation sites excluding steroid dienone is 1. The van der Waals surface area contributed by atoms with Crippen LogP contribution in [0.2, 0.25) is 0 Å². The molecule has 0 N–H and O–H groups in total. The van der Waals surface area contributed by atoms with Gasteiger partial charge in [0.05, 0.1) is 17.9 Å². The maximum absolute atomic E-state index is 13.0. The first-order valence-electron chi connectivity index (χ1n) is 7.98. The molecule has 0 aromatic heterocycles. The largest absolute Gasteiger partial charge is 0.497 e. The number of hydrogen-bond donors (Lipinski definition) is 0. The Morgan fingerprint density at radius 1 is 1.09 bits per heavy atom. The molecule has 2 aromatic carbocycles. The number of unbranched alkanes of at least 4 members (excludes halogenated alkanes) is 2. The zero-order valence-corrected chi connectivity index (χ0v) is 14.9. The summed E-state index contributed by atoms with van der Waals surface area (Å²) in [5.41, 5.74) is 2.16. The highest BCUT2D eigenvalue weighted by Gasteiger charge is 2.12. The third-order valence-electron chi connectivity index (χ3n) is 3.70. The van der Waals surface area contributed by atoms with Crippen molar-refractivity contribution in [2.75, 3.05) is 7.11 Å². The lowest BCUT2D eigenvalue weighted by atomic mass is 10.1. The SMILES string of the molecule is CCCC/C=C(/c1ccc(OC)cc1)[S@@](=O)c1ccc(C)cc1. The Bertz CT molecular complexity index is 670. The van der Waals surface area contributed by atoms with Crippen LogP contribution in [0.4, 0.5) is 0 Å². The van der Waals surface area contributed by atoms with E-state index in [1.54, 1.807) is 7.11 Å². The molecule has 0 heterocycles. The van der Waals surface area contributed by atoms with Crippen molar-refractivity contribution in [1.29, 1.82) is 0 Å². The Balaban J connectivity index is 2.34. The molecule has 0 fully saturated rings. The maximum Gasteiger partial charge on any atom is 0.118 e. The summed E-state index contributed by atoms with van der Waals surface area (Å²) < 4.78 is 18.2. The van der Waals surface area contributed by atoms with Gasteiger partial charge in [0.2, 0.25) is 0 Å². The lowest BCUT2D eigenvalue weighted by Gasteiger charge is -2.10. The molecule has 0 spiro atoms. The van der Waals surface area contributed by atoms with Crippen LogP contribution in [0.3, 0.4) is 0 Å². The van der Waals surface area contributed by atoms with Gasteiger partial charge in [-0.1, -0.05) is 55.7 Å². The van der Waals surface area contributed by atoms with E-state index in [0.717, 1.165) is 40.4 Å². The van der Waals surface area contributed by atoms with E-state index in [9.17, 15) is 4.21 Å². The summed E-state index contributed by atoms with van der Waals surface area (Å²) in [4.78, 5) is 1.72. The number of hydrogen-bond acceptors (Lipinski definition) is 2. The fourth-order valence-electron chi connectivity index (χ4n) is 2.28. The second-order valence-corrected chi connectivity index (χ2v) is 6.97. The summed E-state index contributed by atoms with van der Waals surface area (Å²) in [6, 6.07) is 15.7. The minimum atomic E-state index is -1.17. The molecule has 23 heavy (non-hydrogen) atoms. The van der Waals surface area contributed by atoms with Crippen LogP contribution in [0, 0.1) is 6.92 Å². The summed E-state index contributed by atoms with van der Waals surface area (Å²) in [6.45, 7) is 4.20. The van der Waals surface area contributed by atoms with Crippen LogP contribution >= 0.6 is 0 Å². The van der Waals surface area contributed by atoms with Gasteiger partial charge in [0.15, 0.2) is 0 Å². The highest BCUT2D eigenvalue weighted by atomic mass is 32.2. The number of rotatable bonds is 7. The van der Waals surface area contributed by atoms with Crippen LogP contribution in [0.1, 0.15) is 37.3 Å². The van der Waals surface area contributed by atoms with Gasteiger partial charge in [-0.25, -0.2) is 4.21 Å². The molecule has 0 bridgehead atoms. The quantitative estimate of drug-likeness (QED) is 0.641. The summed E-state index contributed by atoms with van der Waals surface area (Å²) in [7, 11) is 0.478. The third-order valence-corrected chi connectivity index (χ3v) is 5.20. The second kappa shape index (κ2) is 8.68. The molecule has 2 aromatic rings. The van der Waals surface area contributed by atoms with Crippen molar-refractivity contribution in [3.05, 3.63) is 65.7 Å². The molecule has 0 radical (unpaired) electrons. The molecule has 0 aliphatic carbocycles. The van der Waals surface area contributed by atoms with Crippen molar-refractivity contribution in [3.63, 3.8) is 0 Å². The lowest BCUT2D eigenvalue weighted by molar-refractivity contribution is 0.415. The van der Waals surface area contributed by atoms with Gasteiger partial charge >= 0.3 is 0 Å². The van der Waals surface area contributed by atoms with E-state index < -0.39 is 10.8 Å². The highest BCUT2D eigenvalue weighted by molar-refractivity contribution is 7.94. The van der Waals surface area contributed by atoms with Crippen LogP contribution in [0.15, 0.2) is 59.5 Å². The minimum absolute atomic E-state index is 0.808. The van der Waals surface area contributed by atoms with Crippen molar-refractivity contribution in [3.8, 4) is 5.75 Å². The lowest BCUT2D eigenvalue weighted by Crippen LogP contribution is -1.97. The first-order chi connectivity index (χ1) is 11.2. The Morgan fingerprint density at radius 3 is 2.30 bits per heavy atom. The van der Waals surface area contributed by atoms with Gasteiger partial charge in [-0.3, -0.25) is 0 Å². The topological polar surface area (TPSA) is 26.3 Å². The summed E-state index contributed by atoms with van der Waals surface area (Å²) in [6.07, 6.45) is 5.28. The van der Waals surface area contributed by atoms with E-state index in [1.807, 2.05) is 55.5 Å².